The summed E-state index contributed by atoms with van der Waals surface area (Å²) in [5, 5.41) is 2.98. The first-order valence-corrected chi connectivity index (χ1v) is 9.05. The molecule has 2 aromatic rings. The molecule has 1 atom stereocenters. The van der Waals surface area contributed by atoms with Gasteiger partial charge in [0.25, 0.3) is 0 Å². The van der Waals surface area contributed by atoms with E-state index in [-0.39, 0.29) is 5.91 Å². The topological polar surface area (TPSA) is 68.4 Å². The van der Waals surface area contributed by atoms with Crippen LogP contribution < -0.4 is 10.5 Å². The van der Waals surface area contributed by atoms with E-state index in [1.54, 1.807) is 18.4 Å². The van der Waals surface area contributed by atoms with Crippen LogP contribution in [0.4, 0.5) is 0 Å². The first kappa shape index (κ1) is 16.9. The van der Waals surface area contributed by atoms with Gasteiger partial charge in [0.15, 0.2) is 0 Å². The van der Waals surface area contributed by atoms with Gasteiger partial charge in [-0.25, -0.2) is 4.98 Å². The number of carbonyl (C=O) groups is 1. The number of nitrogens with zero attached hydrogens (tertiary/aromatic N) is 2. The summed E-state index contributed by atoms with van der Waals surface area (Å²) in [7, 11) is 1.67. The molecule has 5 nitrogen and oxygen atoms in total. The number of ether oxygens (including phenoxy) is 1. The summed E-state index contributed by atoms with van der Waals surface area (Å²) < 4.78 is 5.42. The fourth-order valence-electron chi connectivity index (χ4n) is 3.23. The Balaban J connectivity index is 1.82. The number of methoxy groups -OCH3 is 1. The van der Waals surface area contributed by atoms with Gasteiger partial charge in [-0.15, -0.1) is 11.3 Å². The lowest BCUT2D eigenvalue weighted by molar-refractivity contribution is -0.132. The van der Waals surface area contributed by atoms with Gasteiger partial charge < -0.3 is 10.5 Å². The largest absolute Gasteiger partial charge is 0.496 e. The maximum atomic E-state index is 11.9. The van der Waals surface area contributed by atoms with Crippen molar-refractivity contribution in [2.24, 2.45) is 5.73 Å². The molecule has 1 aromatic heterocycles. The summed E-state index contributed by atoms with van der Waals surface area (Å²) in [6.45, 7) is 3.47. The van der Waals surface area contributed by atoms with Gasteiger partial charge >= 0.3 is 0 Å². The Morgan fingerprint density at radius 2 is 2.21 bits per heavy atom. The molecule has 0 spiro atoms. The van der Waals surface area contributed by atoms with E-state index in [1.807, 2.05) is 31.2 Å². The van der Waals surface area contributed by atoms with Crippen LogP contribution in [-0.2, 0) is 11.3 Å². The monoisotopic (exact) mass is 345 g/mol. The van der Waals surface area contributed by atoms with Crippen molar-refractivity contribution in [3.8, 4) is 16.3 Å². The van der Waals surface area contributed by atoms with Crippen molar-refractivity contribution in [2.75, 3.05) is 13.7 Å². The number of benzene rings is 1. The molecule has 3 rings (SSSR count). The number of piperidine rings is 1. The summed E-state index contributed by atoms with van der Waals surface area (Å²) >= 11 is 1.60. The minimum Gasteiger partial charge on any atom is -0.496 e. The highest BCUT2D eigenvalue weighted by molar-refractivity contribution is 7.13. The number of hydrogen-bond donors (Lipinski definition) is 1. The fourth-order valence-corrected chi connectivity index (χ4v) is 4.07. The molecule has 1 fully saturated rings. The summed E-state index contributed by atoms with van der Waals surface area (Å²) in [5.41, 5.74) is 7.05. The van der Waals surface area contributed by atoms with Crippen LogP contribution in [0.15, 0.2) is 29.6 Å². The molecular weight excluding hydrogens is 322 g/mol. The van der Waals surface area contributed by atoms with Crippen LogP contribution in [0.5, 0.6) is 5.75 Å². The maximum absolute atomic E-state index is 11.9. The van der Waals surface area contributed by atoms with Gasteiger partial charge in [0.1, 0.15) is 10.8 Å². The number of likely N-dealkylation sites (tertiary alicyclic amines) is 1. The van der Waals surface area contributed by atoms with Crippen LogP contribution in [0.1, 0.15) is 31.9 Å². The van der Waals surface area contributed by atoms with Crippen molar-refractivity contribution < 1.29 is 9.53 Å². The minimum absolute atomic E-state index is 0.248. The number of primary amides is 1. The maximum Gasteiger partial charge on any atom is 0.237 e. The fraction of sp³-hybridized carbons (Fsp3) is 0.444. The molecule has 1 saturated heterocycles. The van der Waals surface area contributed by atoms with Crippen molar-refractivity contribution >= 4 is 17.2 Å². The van der Waals surface area contributed by atoms with E-state index in [0.29, 0.717) is 6.54 Å². The lowest BCUT2D eigenvalue weighted by Crippen LogP contribution is -2.57. The van der Waals surface area contributed by atoms with Gasteiger partial charge in [-0.3, -0.25) is 9.69 Å². The third kappa shape index (κ3) is 3.16. The zero-order valence-electron chi connectivity index (χ0n) is 14.1. The van der Waals surface area contributed by atoms with E-state index in [2.05, 4.69) is 10.3 Å². The predicted octanol–water partition coefficient (Wildman–Crippen LogP) is 3.05. The van der Waals surface area contributed by atoms with E-state index in [9.17, 15) is 4.79 Å². The van der Waals surface area contributed by atoms with Crippen LogP contribution in [-0.4, -0.2) is 35.0 Å². The van der Waals surface area contributed by atoms with Crippen LogP contribution in [0.3, 0.4) is 0 Å². The summed E-state index contributed by atoms with van der Waals surface area (Å²) in [6, 6.07) is 7.87. The van der Waals surface area contributed by atoms with Crippen LogP contribution in [0, 0.1) is 0 Å². The minimum atomic E-state index is -0.577. The molecule has 0 saturated carbocycles. The zero-order valence-corrected chi connectivity index (χ0v) is 14.9. The molecule has 1 amide bonds. The van der Waals surface area contributed by atoms with Gasteiger partial charge in [0.2, 0.25) is 5.91 Å². The lowest BCUT2D eigenvalue weighted by Gasteiger charge is -2.42. The Morgan fingerprint density at radius 3 is 2.96 bits per heavy atom. The van der Waals surface area contributed by atoms with Crippen molar-refractivity contribution in [3.05, 3.63) is 35.3 Å². The Kier molecular flexibility index (Phi) is 4.87. The van der Waals surface area contributed by atoms with Crippen molar-refractivity contribution in [3.63, 3.8) is 0 Å². The highest BCUT2D eigenvalue weighted by Gasteiger charge is 2.39. The molecule has 6 heteroatoms. The molecule has 0 radical (unpaired) electrons. The summed E-state index contributed by atoms with van der Waals surface area (Å²) in [5.74, 6) is 0.570. The van der Waals surface area contributed by atoms with Gasteiger partial charge in [-0.2, -0.15) is 0 Å². The third-order valence-electron chi connectivity index (χ3n) is 4.81. The predicted molar refractivity (Wildman–Crippen MR) is 96.0 cm³/mol. The second kappa shape index (κ2) is 6.91. The average molecular weight is 345 g/mol. The van der Waals surface area contributed by atoms with E-state index in [1.165, 1.54) is 0 Å². The van der Waals surface area contributed by atoms with Crippen molar-refractivity contribution in [2.45, 2.75) is 38.3 Å². The third-order valence-corrected chi connectivity index (χ3v) is 5.74. The number of rotatable bonds is 5. The number of thiazole rings is 1. The second-order valence-corrected chi connectivity index (χ2v) is 7.22. The molecular formula is C18H23N3O2S. The molecule has 24 heavy (non-hydrogen) atoms. The average Bonchev–Trinajstić information content (AvgIpc) is 3.05. The first-order valence-electron chi connectivity index (χ1n) is 8.17. The number of para-hydroxylation sites is 1. The molecule has 0 aliphatic carbocycles. The molecule has 2 N–H and O–H groups in total. The van der Waals surface area contributed by atoms with Gasteiger partial charge in [0, 0.05) is 11.9 Å². The molecule has 1 unspecified atom stereocenters. The van der Waals surface area contributed by atoms with E-state index < -0.39 is 5.54 Å². The number of nitrogens with two attached hydrogens (primary N) is 1. The number of carbonyl (C=O) groups excluding carboxylic acids is 1. The molecule has 128 valence electrons. The van der Waals surface area contributed by atoms with Crippen LogP contribution in [0.2, 0.25) is 0 Å². The molecule has 2 heterocycles. The Bertz CT molecular complexity index is 731. The number of amides is 1. The normalized spacial score (nSPS) is 21.6. The lowest BCUT2D eigenvalue weighted by atomic mass is 9.87. The molecule has 0 bridgehead atoms. The summed E-state index contributed by atoms with van der Waals surface area (Å²) in [6.07, 6.45) is 2.94. The zero-order chi connectivity index (χ0) is 17.2. The molecule has 1 aliphatic rings. The SMILES string of the molecule is COc1ccccc1-c1nc(CN2CCCCC2(C)C(N)=O)cs1. The Hall–Kier alpha value is -1.92. The Labute approximate surface area is 146 Å². The van der Waals surface area contributed by atoms with E-state index in [4.69, 9.17) is 15.5 Å². The van der Waals surface area contributed by atoms with Gasteiger partial charge in [-0.1, -0.05) is 12.1 Å². The highest BCUT2D eigenvalue weighted by atomic mass is 32.1. The standard InChI is InChI=1S/C18H23N3O2S/c1-18(17(19)22)9-5-6-10-21(18)11-13-12-24-16(20-13)14-7-3-4-8-15(14)23-2/h3-4,7-8,12H,5-6,9-11H2,1-2H3,(H2,19,22). The van der Waals surface area contributed by atoms with Crippen molar-refractivity contribution in [1.29, 1.82) is 0 Å². The molecule has 1 aliphatic heterocycles. The molecule has 1 aromatic carbocycles. The first-order chi connectivity index (χ1) is 11.5. The van der Waals surface area contributed by atoms with Gasteiger partial charge in [-0.05, 0) is 44.9 Å². The smallest absolute Gasteiger partial charge is 0.237 e. The van der Waals surface area contributed by atoms with Crippen LogP contribution >= 0.6 is 11.3 Å². The number of aromatic nitrogens is 1. The Morgan fingerprint density at radius 1 is 1.42 bits per heavy atom. The quantitative estimate of drug-likeness (QED) is 0.904. The van der Waals surface area contributed by atoms with E-state index >= 15 is 0 Å². The number of hydrogen-bond acceptors (Lipinski definition) is 5. The highest BCUT2D eigenvalue weighted by Crippen LogP contribution is 2.34. The van der Waals surface area contributed by atoms with Crippen LogP contribution in [0.25, 0.3) is 10.6 Å². The van der Waals surface area contributed by atoms with Gasteiger partial charge in [0.05, 0.1) is 23.9 Å². The summed E-state index contributed by atoms with van der Waals surface area (Å²) in [4.78, 5) is 18.9. The van der Waals surface area contributed by atoms with Crippen molar-refractivity contribution in [1.82, 2.24) is 9.88 Å². The van der Waals surface area contributed by atoms with E-state index in [0.717, 1.165) is 47.8 Å². The second-order valence-electron chi connectivity index (χ2n) is 6.36.